The zero-order chi connectivity index (χ0) is 32.6. The van der Waals surface area contributed by atoms with Crippen LogP contribution in [0.25, 0.3) is 0 Å². The Bertz CT molecular complexity index is 1710. The molecule has 1 atom stereocenters. The summed E-state index contributed by atoms with van der Waals surface area (Å²) in [5.74, 6) is -0.946. The summed E-state index contributed by atoms with van der Waals surface area (Å²) < 4.78 is 29.5. The number of halogens is 2. The summed E-state index contributed by atoms with van der Waals surface area (Å²) in [5.41, 5.74) is 3.22. The minimum absolute atomic E-state index is 0.0476. The summed E-state index contributed by atoms with van der Waals surface area (Å²) in [4.78, 5) is 29.8. The first kappa shape index (κ1) is 34.0. The minimum Gasteiger partial charge on any atom is -0.354 e. The van der Waals surface area contributed by atoms with Crippen LogP contribution in [0.4, 0.5) is 5.69 Å². The molecule has 0 saturated carbocycles. The van der Waals surface area contributed by atoms with E-state index in [9.17, 15) is 18.0 Å². The van der Waals surface area contributed by atoms with E-state index in [0.29, 0.717) is 39.8 Å². The Hall–Kier alpha value is -3.85. The SMILES string of the molecule is CCCNC(=O)[C@@H](Cc1ccccc1)N(Cc1c(Cl)cccc1Cl)C(=O)CN(c1ccccc1C)S(=O)(=O)c1ccc(C)cc1. The minimum atomic E-state index is -4.20. The predicted octanol–water partition coefficient (Wildman–Crippen LogP) is 6.97. The Kier molecular flexibility index (Phi) is 11.7. The third kappa shape index (κ3) is 8.45. The molecule has 0 unspecified atom stereocenters. The van der Waals surface area contributed by atoms with E-state index in [2.05, 4.69) is 5.32 Å². The fourth-order valence-electron chi connectivity index (χ4n) is 4.97. The molecule has 0 fully saturated rings. The number of hydrogen-bond acceptors (Lipinski definition) is 4. The van der Waals surface area contributed by atoms with Crippen LogP contribution in [0.15, 0.2) is 102 Å². The Labute approximate surface area is 275 Å². The number of carbonyl (C=O) groups is 2. The highest BCUT2D eigenvalue weighted by atomic mass is 35.5. The van der Waals surface area contributed by atoms with E-state index < -0.39 is 28.5 Å². The van der Waals surface area contributed by atoms with Crippen molar-refractivity contribution in [2.75, 3.05) is 17.4 Å². The lowest BCUT2D eigenvalue weighted by molar-refractivity contribution is -0.140. The molecular formula is C35H37Cl2N3O4S. The van der Waals surface area contributed by atoms with Crippen molar-refractivity contribution in [2.45, 2.75) is 51.1 Å². The van der Waals surface area contributed by atoms with Gasteiger partial charge in [-0.25, -0.2) is 8.42 Å². The van der Waals surface area contributed by atoms with E-state index >= 15 is 0 Å². The first-order valence-corrected chi connectivity index (χ1v) is 16.9. The van der Waals surface area contributed by atoms with Crippen molar-refractivity contribution in [1.82, 2.24) is 10.2 Å². The smallest absolute Gasteiger partial charge is 0.264 e. The topological polar surface area (TPSA) is 86.8 Å². The second-order valence-electron chi connectivity index (χ2n) is 10.8. The second-order valence-corrected chi connectivity index (χ2v) is 13.5. The van der Waals surface area contributed by atoms with Gasteiger partial charge in [-0.15, -0.1) is 0 Å². The van der Waals surface area contributed by atoms with Crippen LogP contribution >= 0.6 is 23.2 Å². The number of aryl methyl sites for hydroxylation is 2. The molecule has 0 aliphatic heterocycles. The number of rotatable bonds is 13. The molecule has 4 aromatic carbocycles. The summed E-state index contributed by atoms with van der Waals surface area (Å²) in [6, 6.07) is 26.9. The molecule has 0 aliphatic carbocycles. The lowest BCUT2D eigenvalue weighted by Crippen LogP contribution is -2.53. The summed E-state index contributed by atoms with van der Waals surface area (Å²) >= 11 is 13.1. The lowest BCUT2D eigenvalue weighted by Gasteiger charge is -2.34. The molecule has 45 heavy (non-hydrogen) atoms. The first-order valence-electron chi connectivity index (χ1n) is 14.7. The van der Waals surface area contributed by atoms with Gasteiger partial charge in [0.25, 0.3) is 10.0 Å². The molecule has 4 rings (SSSR count). The third-order valence-electron chi connectivity index (χ3n) is 7.48. The van der Waals surface area contributed by atoms with Crippen molar-refractivity contribution in [3.8, 4) is 0 Å². The average Bonchev–Trinajstić information content (AvgIpc) is 3.02. The number of amides is 2. The molecule has 1 N–H and O–H groups in total. The number of nitrogens with zero attached hydrogens (tertiary/aromatic N) is 2. The van der Waals surface area contributed by atoms with Gasteiger partial charge in [0.05, 0.1) is 10.6 Å². The monoisotopic (exact) mass is 665 g/mol. The summed E-state index contributed by atoms with van der Waals surface area (Å²) in [5, 5.41) is 3.59. The van der Waals surface area contributed by atoms with Gasteiger partial charge < -0.3 is 10.2 Å². The molecule has 0 radical (unpaired) electrons. The van der Waals surface area contributed by atoms with E-state index in [1.165, 1.54) is 17.0 Å². The highest BCUT2D eigenvalue weighted by molar-refractivity contribution is 7.92. The number of sulfonamides is 1. The summed E-state index contributed by atoms with van der Waals surface area (Å²) in [6.45, 7) is 5.34. The van der Waals surface area contributed by atoms with Gasteiger partial charge in [0.15, 0.2) is 0 Å². The quantitative estimate of drug-likeness (QED) is 0.167. The number of para-hydroxylation sites is 1. The fraction of sp³-hybridized carbons (Fsp3) is 0.257. The van der Waals surface area contributed by atoms with Crippen molar-refractivity contribution >= 4 is 50.7 Å². The summed E-state index contributed by atoms with van der Waals surface area (Å²) in [7, 11) is -4.20. The van der Waals surface area contributed by atoms with E-state index in [1.807, 2.05) is 44.2 Å². The molecule has 2 amide bonds. The van der Waals surface area contributed by atoms with Gasteiger partial charge in [0.1, 0.15) is 12.6 Å². The average molecular weight is 667 g/mol. The molecule has 0 aromatic heterocycles. The van der Waals surface area contributed by atoms with Crippen LogP contribution in [-0.2, 0) is 32.6 Å². The van der Waals surface area contributed by atoms with E-state index in [-0.39, 0.29) is 23.8 Å². The number of nitrogens with one attached hydrogen (secondary N) is 1. The van der Waals surface area contributed by atoms with Crippen molar-refractivity contribution < 1.29 is 18.0 Å². The third-order valence-corrected chi connectivity index (χ3v) is 9.96. The summed E-state index contributed by atoms with van der Waals surface area (Å²) in [6.07, 6.45) is 0.892. The van der Waals surface area contributed by atoms with Gasteiger partial charge in [-0.2, -0.15) is 0 Å². The normalized spacial score (nSPS) is 11.9. The maximum atomic E-state index is 14.6. The molecule has 0 spiro atoms. The van der Waals surface area contributed by atoms with Crippen LogP contribution in [0.3, 0.4) is 0 Å². The van der Waals surface area contributed by atoms with Crippen molar-refractivity contribution in [3.05, 3.63) is 129 Å². The highest BCUT2D eigenvalue weighted by Gasteiger charge is 2.35. The molecule has 236 valence electrons. The van der Waals surface area contributed by atoms with Gasteiger partial charge >= 0.3 is 0 Å². The van der Waals surface area contributed by atoms with Gasteiger partial charge in [-0.05, 0) is 61.7 Å². The number of benzene rings is 4. The largest absolute Gasteiger partial charge is 0.354 e. The Morgan fingerprint density at radius 2 is 1.44 bits per heavy atom. The Balaban J connectivity index is 1.84. The van der Waals surface area contributed by atoms with Crippen molar-refractivity contribution in [3.63, 3.8) is 0 Å². The molecule has 7 nitrogen and oxygen atoms in total. The first-order chi connectivity index (χ1) is 21.5. The zero-order valence-corrected chi connectivity index (χ0v) is 27.9. The second kappa shape index (κ2) is 15.4. The van der Waals surface area contributed by atoms with Gasteiger partial charge in [0, 0.05) is 35.1 Å². The molecule has 0 bridgehead atoms. The van der Waals surface area contributed by atoms with E-state index in [4.69, 9.17) is 23.2 Å². The van der Waals surface area contributed by atoms with Crippen molar-refractivity contribution in [2.24, 2.45) is 0 Å². The van der Waals surface area contributed by atoms with Crippen LogP contribution in [0.5, 0.6) is 0 Å². The lowest BCUT2D eigenvalue weighted by atomic mass is 10.0. The van der Waals surface area contributed by atoms with E-state index in [0.717, 1.165) is 15.4 Å². The molecule has 10 heteroatoms. The van der Waals surface area contributed by atoms with Crippen LogP contribution < -0.4 is 9.62 Å². The Morgan fingerprint density at radius 3 is 2.07 bits per heavy atom. The Morgan fingerprint density at radius 1 is 0.822 bits per heavy atom. The fourth-order valence-corrected chi connectivity index (χ4v) is 6.96. The zero-order valence-electron chi connectivity index (χ0n) is 25.5. The molecule has 0 saturated heterocycles. The molecule has 4 aromatic rings. The predicted molar refractivity (Wildman–Crippen MR) is 181 cm³/mol. The van der Waals surface area contributed by atoms with Gasteiger partial charge in [-0.3, -0.25) is 13.9 Å². The van der Waals surface area contributed by atoms with E-state index in [1.54, 1.807) is 61.5 Å². The van der Waals surface area contributed by atoms with Crippen LogP contribution in [-0.4, -0.2) is 44.3 Å². The maximum Gasteiger partial charge on any atom is 0.264 e. The number of anilines is 1. The van der Waals surface area contributed by atoms with Crippen LogP contribution in [0.2, 0.25) is 10.0 Å². The van der Waals surface area contributed by atoms with Crippen LogP contribution in [0.1, 0.15) is 35.6 Å². The standard InChI is InChI=1S/C35H37Cl2N3O4S/c1-4-21-38-35(42)33(22-27-12-6-5-7-13-27)39(23-29-30(36)14-10-15-31(29)37)34(41)24-40(32-16-9-8-11-26(32)3)45(43,44)28-19-17-25(2)18-20-28/h5-20,33H,4,21-24H2,1-3H3,(H,38,42)/t33-/m1/s1. The number of carbonyl (C=O) groups excluding carboxylic acids is 2. The number of hydrogen-bond donors (Lipinski definition) is 1. The van der Waals surface area contributed by atoms with Gasteiger partial charge in [-0.1, -0.05) is 102 Å². The maximum absolute atomic E-state index is 14.6. The molecule has 0 aliphatic rings. The van der Waals surface area contributed by atoms with Crippen LogP contribution in [0, 0.1) is 13.8 Å². The van der Waals surface area contributed by atoms with Gasteiger partial charge in [0.2, 0.25) is 11.8 Å². The highest BCUT2D eigenvalue weighted by Crippen LogP contribution is 2.30. The molecule has 0 heterocycles. The van der Waals surface area contributed by atoms with Crippen molar-refractivity contribution in [1.29, 1.82) is 0 Å². The molecular weight excluding hydrogens is 629 g/mol.